The fourth-order valence-electron chi connectivity index (χ4n) is 13.8. The van der Waals surface area contributed by atoms with E-state index in [2.05, 4.69) is 184 Å². The number of nitrogens with zero attached hydrogens (tertiary/aromatic N) is 8. The molecule has 10 aliphatic rings. The zero-order valence-electron chi connectivity index (χ0n) is 56.6. The van der Waals surface area contributed by atoms with Crippen LogP contribution in [0.25, 0.3) is 0 Å². The average molecular weight is 1300 g/mol. The first-order valence-electron chi connectivity index (χ1n) is 32.2. The molecule has 0 bridgehead atoms. The lowest BCUT2D eigenvalue weighted by atomic mass is 9.97. The van der Waals surface area contributed by atoms with Crippen molar-refractivity contribution in [2.75, 3.05) is 31.5 Å². The molecule has 11 heterocycles. The van der Waals surface area contributed by atoms with E-state index >= 15 is 0 Å². The van der Waals surface area contributed by atoms with Crippen LogP contribution in [0.3, 0.4) is 0 Å². The van der Waals surface area contributed by atoms with Crippen molar-refractivity contribution in [3.63, 3.8) is 0 Å². The molecule has 1 aromatic rings. The zero-order chi connectivity index (χ0) is 64.2. The molecule has 0 spiro atoms. The van der Waals surface area contributed by atoms with E-state index in [9.17, 15) is 9.18 Å². The minimum Gasteiger partial charge on any atom is -0.870 e. The van der Waals surface area contributed by atoms with Crippen molar-refractivity contribution in [1.82, 2.24) is 34.6 Å². The van der Waals surface area contributed by atoms with Crippen LogP contribution >= 0.6 is 23.4 Å². The third kappa shape index (κ3) is 28.1. The first-order chi connectivity index (χ1) is 39.6. The predicted molar refractivity (Wildman–Crippen MR) is 372 cm³/mol. The highest BCUT2D eigenvalue weighted by Gasteiger charge is 2.45. The van der Waals surface area contributed by atoms with E-state index in [0.29, 0.717) is 63.4 Å². The molecule has 1 aromatic heterocycles. The summed E-state index contributed by atoms with van der Waals surface area (Å²) in [6, 6.07) is 3.32. The number of hydrogen-bond acceptors (Lipinski definition) is 16. The number of halogens is 3. The largest absolute Gasteiger partial charge is 0.870 e. The number of ketones is 1. The number of allylic oxidation sites excluding steroid dienone is 1. The molecule has 0 aromatic carbocycles. The van der Waals surface area contributed by atoms with Crippen LogP contribution in [0.2, 0.25) is 24.9 Å². The van der Waals surface area contributed by atoms with Crippen molar-refractivity contribution in [2.24, 2.45) is 15.9 Å². The number of nitrogens with one attached hydrogen (secondary N) is 3. The van der Waals surface area contributed by atoms with Crippen molar-refractivity contribution in [1.29, 1.82) is 0 Å². The van der Waals surface area contributed by atoms with Gasteiger partial charge in [0.2, 0.25) is 13.6 Å². The molecule has 17 nitrogen and oxygen atoms in total. The van der Waals surface area contributed by atoms with E-state index in [1.807, 2.05) is 20.1 Å². The minimum absolute atomic E-state index is 0. The maximum atomic E-state index is 13.7. The Kier molecular flexibility index (Phi) is 37.0. The Balaban J connectivity index is 0.00000101. The van der Waals surface area contributed by atoms with Gasteiger partial charge in [-0.25, -0.2) is 14.4 Å². The molecule has 0 saturated carbocycles. The van der Waals surface area contributed by atoms with Gasteiger partial charge in [-0.3, -0.25) is 29.4 Å². The number of oxime groups is 1. The molecule has 8 fully saturated rings. The smallest absolute Gasteiger partial charge is 0.242 e. The zero-order valence-corrected chi connectivity index (χ0v) is 59.1. The molecule has 10 aliphatic heterocycles. The summed E-state index contributed by atoms with van der Waals surface area (Å²) in [6.07, 6.45) is 30.0. The van der Waals surface area contributed by atoms with Gasteiger partial charge in [-0.15, -0.1) is 5.00 Å². The lowest BCUT2D eigenvalue weighted by molar-refractivity contribution is -0.530. The minimum atomic E-state index is -1.41. The second-order valence-electron chi connectivity index (χ2n) is 29.3. The van der Waals surface area contributed by atoms with E-state index < -0.39 is 14.1 Å². The van der Waals surface area contributed by atoms with Crippen LogP contribution in [-0.4, -0.2) is 173 Å². The third-order valence-corrected chi connectivity index (χ3v) is 19.7. The van der Waals surface area contributed by atoms with Gasteiger partial charge in [0.15, 0.2) is 17.2 Å². The summed E-state index contributed by atoms with van der Waals surface area (Å²) in [7, 11) is -1.41. The summed E-state index contributed by atoms with van der Waals surface area (Å²) in [4.78, 5) is 37.8. The summed E-state index contributed by atoms with van der Waals surface area (Å²) in [5.74, 6) is 0.937. The molecule has 21 heteroatoms. The number of nitrogens with two attached hydrogens (primary N) is 1. The molecule has 0 radical (unpaired) electrons. The van der Waals surface area contributed by atoms with Crippen LogP contribution < -0.4 is 21.0 Å². The van der Waals surface area contributed by atoms with E-state index in [-0.39, 0.29) is 43.0 Å². The third-order valence-electron chi connectivity index (χ3n) is 18.6. The Morgan fingerprint density at radius 3 is 1.66 bits per heavy atom. The van der Waals surface area contributed by atoms with Gasteiger partial charge in [-0.2, -0.15) is 4.98 Å². The molecular formula is C67H129Cl2FN12O5Si. The summed E-state index contributed by atoms with van der Waals surface area (Å²) >= 11 is 10.0. The summed E-state index contributed by atoms with van der Waals surface area (Å²) in [5.41, 5.74) is 9.06. The van der Waals surface area contributed by atoms with Crippen molar-refractivity contribution in [3.05, 3.63) is 42.3 Å². The summed E-state index contributed by atoms with van der Waals surface area (Å²) in [6.45, 7) is 49.2. The number of piperidine rings is 4. The number of anilines is 1. The second-order valence-corrected chi connectivity index (χ2v) is 34.2. The Labute approximate surface area is 546 Å². The molecule has 8 saturated heterocycles. The number of carbonyl (C=O) groups excluding carboxylic acids is 1. The van der Waals surface area contributed by atoms with Crippen LogP contribution in [0.1, 0.15) is 240 Å². The lowest BCUT2D eigenvalue weighted by Gasteiger charge is -2.42. The number of aliphatic imine (C=N–C) groups is 1. The van der Waals surface area contributed by atoms with Crippen molar-refractivity contribution in [2.45, 2.75) is 329 Å². The van der Waals surface area contributed by atoms with Gasteiger partial charge in [0, 0.05) is 135 Å². The Morgan fingerprint density at radius 2 is 1.25 bits per heavy atom. The van der Waals surface area contributed by atoms with Gasteiger partial charge < -0.3 is 31.4 Å². The van der Waals surface area contributed by atoms with Crippen molar-refractivity contribution >= 4 is 61.4 Å². The molecule has 0 aliphatic carbocycles. The van der Waals surface area contributed by atoms with Crippen LogP contribution in [0.15, 0.2) is 41.3 Å². The molecule has 512 valence electrons. The number of carbonyl (C=O) groups is 1. The quantitative estimate of drug-likeness (QED) is 0.0307. The number of aromatic nitrogens is 2. The van der Waals surface area contributed by atoms with E-state index in [4.69, 9.17) is 32.2 Å². The second kappa shape index (κ2) is 38.3. The van der Waals surface area contributed by atoms with Crippen LogP contribution in [0.4, 0.5) is 10.2 Å². The number of hydrogen-bond donors (Lipinski definition) is 6. The van der Waals surface area contributed by atoms with E-state index in [0.717, 1.165) is 76.1 Å². The van der Waals surface area contributed by atoms with Gasteiger partial charge in [-0.05, 0) is 217 Å². The van der Waals surface area contributed by atoms with Gasteiger partial charge >= 0.3 is 0 Å². The maximum absolute atomic E-state index is 13.7. The molecule has 6 atom stereocenters. The van der Waals surface area contributed by atoms with Gasteiger partial charge in [-0.1, -0.05) is 47.0 Å². The maximum Gasteiger partial charge on any atom is 0.242 e. The number of Topliss-reactive ketones (excluding diaryl/α,β-unsaturated/α-hetero) is 1. The fourth-order valence-corrected chi connectivity index (χ4v) is 14.8. The first-order valence-corrected chi connectivity index (χ1v) is 36.3. The normalized spacial score (nSPS) is 27.9. The van der Waals surface area contributed by atoms with E-state index in [1.165, 1.54) is 101 Å². The highest BCUT2D eigenvalue weighted by molar-refractivity contribution is 6.70. The van der Waals surface area contributed by atoms with Gasteiger partial charge in [0.05, 0.1) is 23.2 Å². The van der Waals surface area contributed by atoms with Crippen LogP contribution in [-0.2, 0) is 9.22 Å². The Morgan fingerprint density at radius 1 is 0.773 bits per heavy atom. The number of rotatable bonds is 5. The van der Waals surface area contributed by atoms with Gasteiger partial charge in [0.1, 0.15) is 12.0 Å². The molecule has 88 heavy (non-hydrogen) atoms. The molecule has 0 amide bonds. The SMILES string of the molecule is C.C.C=CC(=C)O[Si](C)(C)C.CC.CC1(C)CCC2C/C(=N/O)CCN21.CC1(C)CCC2CC(=O)CCN21.CC1(C)CCC2CC(N)CCN21.CC1(C)CCC2CC(Nc3nc(Cl)ncc3F)CCN21.CC1(C)CCC=N1.CC1(C)CCC=[NH+]1.ONCl.[OH-]. The van der Waals surface area contributed by atoms with Crippen molar-refractivity contribution in [3.8, 4) is 0 Å². The van der Waals surface area contributed by atoms with E-state index in [1.54, 1.807) is 6.08 Å². The molecular weight excluding hydrogens is 1170 g/mol. The Bertz CT molecular complexity index is 2290. The van der Waals surface area contributed by atoms with Crippen LogP contribution in [0, 0.1) is 5.82 Å². The standard InChI is InChI=1S/C14H20ClFN4.C10H18N2O.C10H20N2.C10H17NO.C7H14OSi.2C6H11N.C2H6.2CH4.ClH2NO.H2O/c1-14(2)5-3-10-7-9(4-6-20(10)14)18-12-11(16)8-17-13(15)19-12;1-10(2)5-3-9-7-8(11-13)4-6-12(9)10;1-10(2)5-3-9-7-8(11)4-6-12(9)10;1-10(2)5-3-8-7-9(12)4-6-11(8)10;1-6-7(2)8-9(3,4)5;2*1-6(2)4-3-5-7-6;1-2;;;1-2-3;/h8-10H,3-7H2,1-2H3,(H,17,18,19);9,13H,3-7H2,1-2H3;8-9H,3-7,11H2,1-2H3;8H,3-7H2,1-2H3;6H,1-2H2,3-5H3;2*5H,3-4H2,1-2H3;1-2H3;2*1H4;2-3H;1H2/b;11-8+;;;;;;;;;;. The Hall–Kier alpha value is -2.95. The lowest BCUT2D eigenvalue weighted by Crippen LogP contribution is -2.79. The fraction of sp³-hybridized carbons (Fsp3) is 0.821. The van der Waals surface area contributed by atoms with Crippen LogP contribution in [0.5, 0.6) is 0 Å². The highest BCUT2D eigenvalue weighted by Crippen LogP contribution is 2.41. The monoisotopic (exact) mass is 1300 g/mol. The van der Waals surface area contributed by atoms with Crippen molar-refractivity contribution < 1.29 is 34.5 Å². The molecule has 6 unspecified atom stereocenters. The molecule has 8 N–H and O–H groups in total. The predicted octanol–water partition coefficient (Wildman–Crippen LogP) is 14.0. The topological polar surface area (TPSA) is 224 Å². The summed E-state index contributed by atoms with van der Waals surface area (Å²) in [5, 5.41) is 22.4. The molecule has 11 rings (SSSR count). The summed E-state index contributed by atoms with van der Waals surface area (Å²) < 4.78 is 19.1. The first kappa shape index (κ1) is 85.0. The number of fused-ring (bicyclic) bond motifs is 4. The highest BCUT2D eigenvalue weighted by atomic mass is 35.5. The average Bonchev–Trinajstić information content (AvgIpc) is 2.66. The van der Waals surface area contributed by atoms with Gasteiger partial charge in [0.25, 0.3) is 0 Å².